The molecule has 0 heterocycles. The van der Waals surface area contributed by atoms with E-state index in [1.165, 1.54) is 25.3 Å². The van der Waals surface area contributed by atoms with Crippen molar-refractivity contribution in [1.82, 2.24) is 0 Å². The summed E-state index contributed by atoms with van der Waals surface area (Å²) in [5, 5.41) is 8.17. The summed E-state index contributed by atoms with van der Waals surface area (Å²) in [5.74, 6) is 4.55. The maximum atomic E-state index is 13.0. The van der Waals surface area contributed by atoms with Gasteiger partial charge in [0.05, 0.1) is 12.7 Å². The van der Waals surface area contributed by atoms with E-state index in [1.54, 1.807) is 6.07 Å². The molecule has 0 fully saturated rings. The Morgan fingerprint density at radius 3 is 2.85 bits per heavy atom. The fourth-order valence-corrected chi connectivity index (χ4v) is 0.822. The lowest BCUT2D eigenvalue weighted by Gasteiger charge is -1.99. The Kier molecular flexibility index (Phi) is 2.89. The molecule has 64 valence electrons. The van der Waals surface area contributed by atoms with Crippen molar-refractivity contribution in [3.05, 3.63) is 29.6 Å². The predicted octanol–water partition coefficient (Wildman–Crippen LogP) is 1.71. The Bertz CT molecular complexity index is 409. The molecular weight excluding hydrogens is 169 g/mol. The van der Waals surface area contributed by atoms with Crippen LogP contribution in [-0.2, 0) is 0 Å². The first-order chi connectivity index (χ1) is 6.27. The molecule has 0 saturated carbocycles. The Hall–Kier alpha value is -2.00. The highest BCUT2D eigenvalue weighted by atomic mass is 19.1. The van der Waals surface area contributed by atoms with Gasteiger partial charge in [-0.05, 0) is 24.1 Å². The lowest BCUT2D eigenvalue weighted by Crippen LogP contribution is -1.87. The second-order valence-corrected chi connectivity index (χ2v) is 2.21. The van der Waals surface area contributed by atoms with Crippen molar-refractivity contribution in [2.75, 3.05) is 7.11 Å². The van der Waals surface area contributed by atoms with E-state index in [4.69, 9.17) is 10.00 Å². The van der Waals surface area contributed by atoms with Crippen LogP contribution in [0, 0.1) is 29.0 Å². The van der Waals surface area contributed by atoms with Crippen molar-refractivity contribution in [1.29, 1.82) is 5.26 Å². The van der Waals surface area contributed by atoms with E-state index in [2.05, 4.69) is 11.8 Å². The van der Waals surface area contributed by atoms with Crippen molar-refractivity contribution in [3.8, 4) is 23.7 Å². The van der Waals surface area contributed by atoms with Gasteiger partial charge in [0, 0.05) is 5.92 Å². The molecule has 2 nitrogen and oxygen atoms in total. The quantitative estimate of drug-likeness (QED) is 0.608. The van der Waals surface area contributed by atoms with E-state index < -0.39 is 5.82 Å². The largest absolute Gasteiger partial charge is 0.497 e. The van der Waals surface area contributed by atoms with Crippen molar-refractivity contribution in [2.45, 2.75) is 0 Å². The Morgan fingerprint density at radius 2 is 2.23 bits per heavy atom. The molecule has 0 amide bonds. The Morgan fingerprint density at radius 1 is 1.46 bits per heavy atom. The van der Waals surface area contributed by atoms with Crippen LogP contribution < -0.4 is 4.74 Å². The molecule has 1 aromatic carbocycles. The molecule has 0 spiro atoms. The molecule has 3 heteroatoms. The van der Waals surface area contributed by atoms with Gasteiger partial charge < -0.3 is 4.74 Å². The summed E-state index contributed by atoms with van der Waals surface area (Å²) in [6, 6.07) is 5.80. The monoisotopic (exact) mass is 175 g/mol. The van der Waals surface area contributed by atoms with Crippen LogP contribution >= 0.6 is 0 Å². The maximum Gasteiger partial charge on any atom is 0.152 e. The lowest BCUT2D eigenvalue weighted by atomic mass is 10.2. The maximum absolute atomic E-state index is 13.0. The van der Waals surface area contributed by atoms with Crippen molar-refractivity contribution in [2.24, 2.45) is 0 Å². The number of benzene rings is 1. The van der Waals surface area contributed by atoms with Crippen molar-refractivity contribution < 1.29 is 9.13 Å². The topological polar surface area (TPSA) is 33.0 Å². The molecule has 0 atom stereocenters. The van der Waals surface area contributed by atoms with Gasteiger partial charge in [-0.2, -0.15) is 5.26 Å². The van der Waals surface area contributed by atoms with Crippen LogP contribution in [0.4, 0.5) is 4.39 Å². The van der Waals surface area contributed by atoms with E-state index in [9.17, 15) is 4.39 Å². The second-order valence-electron chi connectivity index (χ2n) is 2.21. The highest BCUT2D eigenvalue weighted by molar-refractivity contribution is 5.43. The highest BCUT2D eigenvalue weighted by Crippen LogP contribution is 2.15. The molecule has 0 N–H and O–H groups in total. The van der Waals surface area contributed by atoms with E-state index in [0.717, 1.165) is 0 Å². The molecule has 1 rings (SSSR count). The fraction of sp³-hybridized carbons (Fsp3) is 0.100. The normalized spacial score (nSPS) is 8.08. The summed E-state index contributed by atoms with van der Waals surface area (Å²) in [6.45, 7) is 0. The van der Waals surface area contributed by atoms with Crippen LogP contribution in [-0.4, -0.2) is 7.11 Å². The molecule has 0 bridgehead atoms. The first-order valence-electron chi connectivity index (χ1n) is 3.51. The highest BCUT2D eigenvalue weighted by Gasteiger charge is 2.00. The van der Waals surface area contributed by atoms with Gasteiger partial charge in [-0.1, -0.05) is 0 Å². The summed E-state index contributed by atoms with van der Waals surface area (Å²) in [4.78, 5) is 0. The lowest BCUT2D eigenvalue weighted by molar-refractivity contribution is 0.413. The molecule has 0 saturated heterocycles. The average Bonchev–Trinajstić information content (AvgIpc) is 2.17. The number of nitriles is 1. The van der Waals surface area contributed by atoms with Gasteiger partial charge in [0.1, 0.15) is 11.6 Å². The summed E-state index contributed by atoms with van der Waals surface area (Å²) < 4.78 is 17.8. The fourth-order valence-electron chi connectivity index (χ4n) is 0.822. The first-order valence-corrected chi connectivity index (χ1v) is 3.51. The molecule has 0 aliphatic rings. The van der Waals surface area contributed by atoms with Gasteiger partial charge >= 0.3 is 0 Å². The molecule has 13 heavy (non-hydrogen) atoms. The van der Waals surface area contributed by atoms with Gasteiger partial charge in [-0.15, -0.1) is 0 Å². The minimum atomic E-state index is -0.455. The molecule has 0 aliphatic heterocycles. The zero-order valence-corrected chi connectivity index (χ0v) is 6.97. The minimum Gasteiger partial charge on any atom is -0.497 e. The molecule has 0 unspecified atom stereocenters. The van der Waals surface area contributed by atoms with Gasteiger partial charge in [0.25, 0.3) is 0 Å². The number of ether oxygens (including phenoxy) is 1. The summed E-state index contributed by atoms with van der Waals surface area (Å²) in [5.41, 5.74) is 0.168. The predicted molar refractivity (Wildman–Crippen MR) is 45.4 cm³/mol. The van der Waals surface area contributed by atoms with E-state index in [-0.39, 0.29) is 5.56 Å². The van der Waals surface area contributed by atoms with E-state index >= 15 is 0 Å². The zero-order chi connectivity index (χ0) is 9.68. The SMILES string of the molecule is COc1ccc(F)c(C#CC#N)c1. The smallest absolute Gasteiger partial charge is 0.152 e. The number of halogens is 1. The van der Waals surface area contributed by atoms with Crippen LogP contribution in [0.5, 0.6) is 5.75 Å². The van der Waals surface area contributed by atoms with Crippen LogP contribution in [0.1, 0.15) is 5.56 Å². The zero-order valence-electron chi connectivity index (χ0n) is 6.97. The summed E-state index contributed by atoms with van der Waals surface area (Å²) >= 11 is 0. The van der Waals surface area contributed by atoms with Crippen LogP contribution in [0.15, 0.2) is 18.2 Å². The Balaban J connectivity index is 3.13. The molecular formula is C10H6FNO. The molecule has 1 aromatic rings. The summed E-state index contributed by atoms with van der Waals surface area (Å²) in [7, 11) is 1.48. The van der Waals surface area contributed by atoms with Crippen LogP contribution in [0.3, 0.4) is 0 Å². The second kappa shape index (κ2) is 4.13. The molecule has 0 aliphatic carbocycles. The number of methoxy groups -OCH3 is 1. The van der Waals surface area contributed by atoms with Gasteiger partial charge in [-0.25, -0.2) is 4.39 Å². The first kappa shape index (κ1) is 9.09. The average molecular weight is 175 g/mol. The molecule has 0 radical (unpaired) electrons. The number of hydrogen-bond donors (Lipinski definition) is 0. The number of hydrogen-bond acceptors (Lipinski definition) is 2. The third-order valence-corrected chi connectivity index (χ3v) is 1.43. The van der Waals surface area contributed by atoms with Crippen molar-refractivity contribution >= 4 is 0 Å². The van der Waals surface area contributed by atoms with Gasteiger partial charge in [-0.3, -0.25) is 0 Å². The van der Waals surface area contributed by atoms with Gasteiger partial charge in [0.15, 0.2) is 6.07 Å². The minimum absolute atomic E-state index is 0.168. The van der Waals surface area contributed by atoms with E-state index in [1.807, 2.05) is 0 Å². The number of rotatable bonds is 1. The Labute approximate surface area is 75.6 Å². The summed E-state index contributed by atoms with van der Waals surface area (Å²) in [6.07, 6.45) is 0. The van der Waals surface area contributed by atoms with E-state index in [0.29, 0.717) is 5.75 Å². The third-order valence-electron chi connectivity index (χ3n) is 1.43. The van der Waals surface area contributed by atoms with Crippen molar-refractivity contribution in [3.63, 3.8) is 0 Å². The third kappa shape index (κ3) is 2.21. The molecule has 0 aromatic heterocycles. The number of nitrogens with zero attached hydrogens (tertiary/aromatic N) is 1. The van der Waals surface area contributed by atoms with Crippen LogP contribution in [0.25, 0.3) is 0 Å². The standard InChI is InChI=1S/C10H6FNO/c1-13-9-4-5-10(11)8(7-9)3-2-6-12/h4-5,7H,1H3. The van der Waals surface area contributed by atoms with Gasteiger partial charge in [0.2, 0.25) is 0 Å². The van der Waals surface area contributed by atoms with Crippen LogP contribution in [0.2, 0.25) is 0 Å².